The molecule has 0 N–H and O–H groups in total. The summed E-state index contributed by atoms with van der Waals surface area (Å²) in [5.74, 6) is 0. The lowest BCUT2D eigenvalue weighted by molar-refractivity contribution is 0.669. The number of fused-ring (bicyclic) bond motifs is 15. The zero-order chi connectivity index (χ0) is 45.9. The third kappa shape index (κ3) is 5.77. The van der Waals surface area contributed by atoms with Crippen LogP contribution in [0, 0.1) is 0 Å². The summed E-state index contributed by atoms with van der Waals surface area (Å²) >= 11 is 0. The van der Waals surface area contributed by atoms with Gasteiger partial charge in [-0.3, -0.25) is 0 Å². The Morgan fingerprint density at radius 1 is 0.300 bits per heavy atom. The molecular formula is C66H40N2O2. The Bertz CT molecular complexity index is 4350. The zero-order valence-electron chi connectivity index (χ0n) is 37.8. The van der Waals surface area contributed by atoms with Gasteiger partial charge in [0, 0.05) is 71.6 Å². The maximum absolute atomic E-state index is 6.93. The fourth-order valence-electron chi connectivity index (χ4n) is 11.4. The van der Waals surface area contributed by atoms with E-state index in [1.807, 2.05) is 12.1 Å². The first-order valence-electron chi connectivity index (χ1n) is 23.9. The van der Waals surface area contributed by atoms with Gasteiger partial charge >= 0.3 is 0 Å². The molecule has 0 fully saturated rings. The second kappa shape index (κ2) is 15.1. The Morgan fingerprint density at radius 3 is 1.59 bits per heavy atom. The quantitative estimate of drug-likeness (QED) is 0.167. The molecule has 0 amide bonds. The van der Waals surface area contributed by atoms with Gasteiger partial charge in [0.25, 0.3) is 0 Å². The number of nitrogens with zero attached hydrogens (tertiary/aromatic N) is 2. The van der Waals surface area contributed by atoms with Gasteiger partial charge in [0.05, 0.1) is 16.7 Å². The van der Waals surface area contributed by atoms with E-state index in [0.29, 0.717) is 0 Å². The van der Waals surface area contributed by atoms with Crippen LogP contribution in [-0.2, 0) is 0 Å². The molecule has 0 saturated carbocycles. The van der Waals surface area contributed by atoms with E-state index in [-0.39, 0.29) is 0 Å². The maximum atomic E-state index is 6.93. The van der Waals surface area contributed by atoms with Gasteiger partial charge in [-0.1, -0.05) is 170 Å². The summed E-state index contributed by atoms with van der Waals surface area (Å²) in [7, 11) is 0. The minimum absolute atomic E-state index is 0.885. The molecule has 3 aromatic heterocycles. The Labute approximate surface area is 403 Å². The van der Waals surface area contributed by atoms with Crippen LogP contribution in [0.25, 0.3) is 127 Å². The van der Waals surface area contributed by atoms with Crippen molar-refractivity contribution in [1.29, 1.82) is 0 Å². The number of hydrogen-bond donors (Lipinski definition) is 0. The van der Waals surface area contributed by atoms with E-state index in [1.165, 1.54) is 21.8 Å². The summed E-state index contributed by atoms with van der Waals surface area (Å²) < 4.78 is 16.0. The van der Waals surface area contributed by atoms with Crippen molar-refractivity contribution >= 4 is 82.7 Å². The first-order valence-corrected chi connectivity index (χ1v) is 23.9. The molecule has 4 nitrogen and oxygen atoms in total. The topological polar surface area (TPSA) is 34.5 Å². The number of furan rings is 2. The Balaban J connectivity index is 0.999. The van der Waals surface area contributed by atoms with Crippen molar-refractivity contribution in [3.8, 4) is 61.3 Å². The predicted molar refractivity (Wildman–Crippen MR) is 291 cm³/mol. The Kier molecular flexibility index (Phi) is 8.33. The summed E-state index contributed by atoms with van der Waals surface area (Å²) in [5.41, 5.74) is 21.4. The van der Waals surface area contributed by atoms with E-state index in [9.17, 15) is 0 Å². The van der Waals surface area contributed by atoms with E-state index in [0.717, 1.165) is 122 Å². The molecule has 0 radical (unpaired) electrons. The third-order valence-corrected chi connectivity index (χ3v) is 14.5. The minimum Gasteiger partial charge on any atom is -0.455 e. The SMILES string of the molecule is c1ccc(-c2cc(-c3ccccc3)cc(N(c3ccc(-c4cccc5c4oc4ccccc45)cc3)c3ccc4c(c3)-c3ccc5c(oc6ccccc65)c3-c3cccc5c6ccccc6n-4c35)c2)cc1. The van der Waals surface area contributed by atoms with Gasteiger partial charge in [0.2, 0.25) is 0 Å². The van der Waals surface area contributed by atoms with Gasteiger partial charge in [0.15, 0.2) is 0 Å². The molecule has 15 rings (SSSR count). The lowest BCUT2D eigenvalue weighted by Gasteiger charge is -2.28. The van der Waals surface area contributed by atoms with Crippen LogP contribution in [0.15, 0.2) is 251 Å². The molecule has 0 bridgehead atoms. The van der Waals surface area contributed by atoms with E-state index in [1.54, 1.807) is 0 Å². The lowest BCUT2D eigenvalue weighted by atomic mass is 9.91. The van der Waals surface area contributed by atoms with Crippen LogP contribution in [-0.4, -0.2) is 4.57 Å². The summed E-state index contributed by atoms with van der Waals surface area (Å²) in [5, 5.41) is 6.91. The average molecular weight is 893 g/mol. The molecule has 326 valence electrons. The maximum Gasteiger partial charge on any atom is 0.143 e. The second-order valence-electron chi connectivity index (χ2n) is 18.4. The van der Waals surface area contributed by atoms with Gasteiger partial charge in [-0.25, -0.2) is 0 Å². The lowest BCUT2D eigenvalue weighted by Crippen LogP contribution is -2.11. The number of rotatable bonds is 6. The summed E-state index contributed by atoms with van der Waals surface area (Å²) in [6.45, 7) is 0. The second-order valence-corrected chi connectivity index (χ2v) is 18.4. The first kappa shape index (κ1) is 38.7. The number of hydrogen-bond acceptors (Lipinski definition) is 3. The van der Waals surface area contributed by atoms with Crippen molar-refractivity contribution in [3.05, 3.63) is 243 Å². The first-order chi connectivity index (χ1) is 34.7. The molecule has 14 aromatic rings. The monoisotopic (exact) mass is 892 g/mol. The fourth-order valence-corrected chi connectivity index (χ4v) is 11.4. The van der Waals surface area contributed by atoms with E-state index in [4.69, 9.17) is 8.83 Å². The van der Waals surface area contributed by atoms with Gasteiger partial charge in [-0.2, -0.15) is 0 Å². The van der Waals surface area contributed by atoms with Crippen LogP contribution in [0.5, 0.6) is 0 Å². The standard InChI is InChI=1S/C66H40N2O2/c1-3-15-41(16-4-1)44-37-45(42-17-5-2-6-18-42)39-48(38-44)67(46-31-29-43(30-32-46)49-22-13-24-55-51-20-8-11-27-61(51)69-65(49)55)47-33-36-60-58(40-47)53-34-35-56-52-21-9-12-28-62(52)70-66(56)63(53)57-25-14-23-54-50-19-7-10-26-59(50)68(60)64(54)57/h1-40H. The van der Waals surface area contributed by atoms with Crippen LogP contribution in [0.2, 0.25) is 0 Å². The van der Waals surface area contributed by atoms with Crippen LogP contribution in [0.3, 0.4) is 0 Å². The molecule has 70 heavy (non-hydrogen) atoms. The van der Waals surface area contributed by atoms with Crippen LogP contribution in [0.1, 0.15) is 0 Å². The number of aromatic nitrogens is 1. The van der Waals surface area contributed by atoms with E-state index < -0.39 is 0 Å². The van der Waals surface area contributed by atoms with Gasteiger partial charge < -0.3 is 18.3 Å². The van der Waals surface area contributed by atoms with Gasteiger partial charge in [-0.15, -0.1) is 0 Å². The molecule has 1 aliphatic rings. The van der Waals surface area contributed by atoms with Crippen molar-refractivity contribution in [2.75, 3.05) is 4.90 Å². The molecule has 4 heterocycles. The molecule has 4 heteroatoms. The molecule has 11 aromatic carbocycles. The van der Waals surface area contributed by atoms with Crippen molar-refractivity contribution < 1.29 is 8.83 Å². The van der Waals surface area contributed by atoms with Crippen molar-refractivity contribution in [2.45, 2.75) is 0 Å². The zero-order valence-corrected chi connectivity index (χ0v) is 37.8. The van der Waals surface area contributed by atoms with Crippen LogP contribution < -0.4 is 4.90 Å². The molecule has 0 saturated heterocycles. The molecule has 0 aliphatic carbocycles. The Morgan fingerprint density at radius 2 is 0.871 bits per heavy atom. The third-order valence-electron chi connectivity index (χ3n) is 14.5. The smallest absolute Gasteiger partial charge is 0.143 e. The summed E-state index contributed by atoms with van der Waals surface area (Å²) in [4.78, 5) is 2.42. The highest BCUT2D eigenvalue weighted by Gasteiger charge is 2.29. The molecule has 0 spiro atoms. The summed E-state index contributed by atoms with van der Waals surface area (Å²) in [6.07, 6.45) is 0. The number of anilines is 3. The van der Waals surface area contributed by atoms with Crippen LogP contribution in [0.4, 0.5) is 17.1 Å². The molecular weight excluding hydrogens is 853 g/mol. The highest BCUT2D eigenvalue weighted by Crippen LogP contribution is 2.52. The minimum atomic E-state index is 0.885. The highest BCUT2D eigenvalue weighted by molar-refractivity contribution is 6.21. The number of para-hydroxylation sites is 5. The molecule has 0 unspecified atom stereocenters. The van der Waals surface area contributed by atoms with Crippen molar-refractivity contribution in [1.82, 2.24) is 4.57 Å². The molecule has 1 aliphatic heterocycles. The predicted octanol–water partition coefficient (Wildman–Crippen LogP) is 18.7. The highest BCUT2D eigenvalue weighted by atomic mass is 16.3. The largest absolute Gasteiger partial charge is 0.455 e. The normalized spacial score (nSPS) is 12.0. The van der Waals surface area contributed by atoms with E-state index >= 15 is 0 Å². The Hall–Kier alpha value is -9.38. The van der Waals surface area contributed by atoms with E-state index in [2.05, 4.69) is 240 Å². The summed E-state index contributed by atoms with van der Waals surface area (Å²) in [6, 6.07) is 87.7. The van der Waals surface area contributed by atoms with Crippen molar-refractivity contribution in [2.24, 2.45) is 0 Å². The van der Waals surface area contributed by atoms with Gasteiger partial charge in [-0.05, 0) is 106 Å². The average Bonchev–Trinajstić information content (AvgIpc) is 4.09. The fraction of sp³-hybridized carbons (Fsp3) is 0. The van der Waals surface area contributed by atoms with Crippen LogP contribution >= 0.6 is 0 Å². The number of benzene rings is 11. The van der Waals surface area contributed by atoms with Gasteiger partial charge in [0.1, 0.15) is 22.3 Å². The molecule has 0 atom stereocenters. The van der Waals surface area contributed by atoms with Crippen molar-refractivity contribution in [3.63, 3.8) is 0 Å².